The number of carbonyl (C=O) groups is 2. The third-order valence-corrected chi connectivity index (χ3v) is 9.35. The van der Waals surface area contributed by atoms with Crippen LogP contribution in [0.5, 0.6) is 0 Å². The van der Waals surface area contributed by atoms with E-state index in [4.69, 9.17) is 0 Å². The third-order valence-electron chi connectivity index (χ3n) is 8.37. The van der Waals surface area contributed by atoms with Gasteiger partial charge in [-0.05, 0) is 48.4 Å². The smallest absolute Gasteiger partial charge is 0.243 e. The fraction of sp³-hybridized carbons (Fsp3) is 0.414. The van der Waals surface area contributed by atoms with E-state index in [1.165, 1.54) is 0 Å². The summed E-state index contributed by atoms with van der Waals surface area (Å²) in [6.45, 7) is 2.94. The largest absolute Gasteiger partial charge is 0.391 e. The van der Waals surface area contributed by atoms with Gasteiger partial charge in [-0.3, -0.25) is 14.5 Å². The molecule has 3 aliphatic rings. The predicted octanol–water partition coefficient (Wildman–Crippen LogP) is 3.13. The molecular weight excluding hydrogens is 500 g/mol. The van der Waals surface area contributed by atoms with Crippen molar-refractivity contribution in [3.8, 4) is 10.4 Å². The van der Waals surface area contributed by atoms with Crippen LogP contribution in [0.2, 0.25) is 0 Å². The van der Waals surface area contributed by atoms with E-state index in [-0.39, 0.29) is 24.8 Å². The number of aliphatic hydroxyl groups is 2. The number of nitrogens with zero attached hydrogens (tertiary/aromatic N) is 3. The summed E-state index contributed by atoms with van der Waals surface area (Å²) < 4.78 is 0. The maximum absolute atomic E-state index is 14.0. The van der Waals surface area contributed by atoms with Crippen LogP contribution in [0.4, 0.5) is 0 Å². The summed E-state index contributed by atoms with van der Waals surface area (Å²) in [4.78, 5) is 36.2. The van der Waals surface area contributed by atoms with Gasteiger partial charge < -0.3 is 20.4 Å². The molecule has 6 rings (SSSR count). The van der Waals surface area contributed by atoms with Gasteiger partial charge in [-0.25, -0.2) is 4.98 Å². The number of amides is 2. The number of likely N-dealkylation sites (tertiary alicyclic amines) is 1. The number of aromatic nitrogens is 1. The Balaban J connectivity index is 1.15. The number of rotatable bonds is 6. The second-order valence-electron chi connectivity index (χ2n) is 10.6. The van der Waals surface area contributed by atoms with Crippen molar-refractivity contribution < 1.29 is 19.8 Å². The number of hydrogen-bond donors (Lipinski definition) is 3. The molecule has 0 spiro atoms. The molecule has 9 heteroatoms. The van der Waals surface area contributed by atoms with E-state index in [1.54, 1.807) is 16.2 Å². The molecule has 0 radical (unpaired) electrons. The van der Waals surface area contributed by atoms with Gasteiger partial charge in [0.25, 0.3) is 0 Å². The summed E-state index contributed by atoms with van der Waals surface area (Å²) in [7, 11) is 0. The Labute approximate surface area is 225 Å². The number of aryl methyl sites for hydroxylation is 1. The van der Waals surface area contributed by atoms with Gasteiger partial charge in [0.15, 0.2) is 0 Å². The van der Waals surface area contributed by atoms with Gasteiger partial charge in [0, 0.05) is 26.1 Å². The average Bonchev–Trinajstić information content (AvgIpc) is 3.60. The minimum Gasteiger partial charge on any atom is -0.391 e. The number of fused-ring (bicyclic) bond motifs is 1. The SMILES string of the molecule is Cc1ncsc1-c1ccc(CNC(=O)[C@@H]2C[C@@H](O)CN2C(=O)C2(N3Cc4ccccc4C3O)CCC2)cc1. The van der Waals surface area contributed by atoms with E-state index >= 15 is 0 Å². The molecule has 3 aromatic rings. The lowest BCUT2D eigenvalue weighted by Gasteiger charge is -2.50. The summed E-state index contributed by atoms with van der Waals surface area (Å²) in [6, 6.07) is 15.0. The molecule has 2 amide bonds. The number of nitrogens with one attached hydrogen (secondary N) is 1. The maximum Gasteiger partial charge on any atom is 0.243 e. The highest BCUT2D eigenvalue weighted by Crippen LogP contribution is 2.48. The van der Waals surface area contributed by atoms with E-state index < -0.39 is 23.9 Å². The molecule has 2 aliphatic heterocycles. The first-order valence-electron chi connectivity index (χ1n) is 13.2. The first-order valence-corrected chi connectivity index (χ1v) is 14.0. The molecule has 38 heavy (non-hydrogen) atoms. The number of aliphatic hydroxyl groups excluding tert-OH is 2. The second-order valence-corrected chi connectivity index (χ2v) is 11.5. The lowest BCUT2D eigenvalue weighted by Crippen LogP contribution is -2.64. The van der Waals surface area contributed by atoms with Crippen molar-refractivity contribution >= 4 is 23.2 Å². The number of hydrogen-bond acceptors (Lipinski definition) is 7. The number of benzene rings is 2. The molecule has 8 nitrogen and oxygen atoms in total. The van der Waals surface area contributed by atoms with Crippen LogP contribution in [0.25, 0.3) is 10.4 Å². The summed E-state index contributed by atoms with van der Waals surface area (Å²) in [5.41, 5.74) is 5.87. The number of carbonyl (C=O) groups excluding carboxylic acids is 2. The van der Waals surface area contributed by atoms with Crippen LogP contribution < -0.4 is 5.32 Å². The molecule has 1 saturated heterocycles. The molecule has 3 heterocycles. The Kier molecular flexibility index (Phi) is 6.55. The zero-order chi connectivity index (χ0) is 26.4. The molecule has 1 unspecified atom stereocenters. The van der Waals surface area contributed by atoms with Gasteiger partial charge in [-0.2, -0.15) is 0 Å². The molecule has 0 bridgehead atoms. The van der Waals surface area contributed by atoms with Crippen molar-refractivity contribution in [1.82, 2.24) is 20.1 Å². The number of β-amino-alcohol motifs (C(OH)–C–C–N with tert-alkyl or cyclic N) is 1. The van der Waals surface area contributed by atoms with E-state index in [0.717, 1.165) is 39.2 Å². The summed E-state index contributed by atoms with van der Waals surface area (Å²) in [5, 5.41) is 24.5. The van der Waals surface area contributed by atoms with Crippen LogP contribution in [-0.2, 0) is 22.7 Å². The highest BCUT2D eigenvalue weighted by Gasteiger charge is 2.57. The maximum atomic E-state index is 14.0. The van der Waals surface area contributed by atoms with Crippen molar-refractivity contribution in [3.05, 3.63) is 76.4 Å². The second kappa shape index (κ2) is 9.89. The lowest BCUT2D eigenvalue weighted by molar-refractivity contribution is -0.167. The van der Waals surface area contributed by atoms with Gasteiger partial charge in [-0.15, -0.1) is 11.3 Å². The van der Waals surface area contributed by atoms with Crippen molar-refractivity contribution in [1.29, 1.82) is 0 Å². The Morgan fingerprint density at radius 1 is 1.13 bits per heavy atom. The van der Waals surface area contributed by atoms with Gasteiger partial charge in [-0.1, -0.05) is 48.5 Å². The minimum absolute atomic E-state index is 0.123. The Bertz CT molecular complexity index is 1350. The zero-order valence-corrected chi connectivity index (χ0v) is 22.2. The van der Waals surface area contributed by atoms with Crippen molar-refractivity contribution in [2.45, 2.75) is 69.6 Å². The van der Waals surface area contributed by atoms with E-state index in [1.807, 2.05) is 65.9 Å². The zero-order valence-electron chi connectivity index (χ0n) is 21.3. The van der Waals surface area contributed by atoms with Crippen LogP contribution in [0.3, 0.4) is 0 Å². The lowest BCUT2D eigenvalue weighted by atomic mass is 9.73. The topological polar surface area (TPSA) is 106 Å². The third kappa shape index (κ3) is 4.23. The van der Waals surface area contributed by atoms with Gasteiger partial charge >= 0.3 is 0 Å². The predicted molar refractivity (Wildman–Crippen MR) is 144 cm³/mol. The summed E-state index contributed by atoms with van der Waals surface area (Å²) in [6.07, 6.45) is 0.740. The van der Waals surface area contributed by atoms with Crippen LogP contribution in [0.1, 0.15) is 54.3 Å². The highest BCUT2D eigenvalue weighted by molar-refractivity contribution is 7.13. The molecule has 1 aliphatic carbocycles. The van der Waals surface area contributed by atoms with Crippen LogP contribution in [0.15, 0.2) is 54.0 Å². The Hall–Kier alpha value is -3.11. The molecule has 2 fully saturated rings. The van der Waals surface area contributed by atoms with Crippen LogP contribution >= 0.6 is 11.3 Å². The van der Waals surface area contributed by atoms with Gasteiger partial charge in [0.05, 0.1) is 22.2 Å². The van der Waals surface area contributed by atoms with Crippen LogP contribution in [0, 0.1) is 6.92 Å². The van der Waals surface area contributed by atoms with Gasteiger partial charge in [0.1, 0.15) is 17.8 Å². The molecule has 2 aromatic carbocycles. The van der Waals surface area contributed by atoms with Gasteiger partial charge in [0.2, 0.25) is 11.8 Å². The molecular formula is C29H32N4O4S. The first-order chi connectivity index (χ1) is 18.4. The molecule has 3 atom stereocenters. The van der Waals surface area contributed by atoms with Crippen molar-refractivity contribution in [2.75, 3.05) is 6.54 Å². The van der Waals surface area contributed by atoms with Crippen molar-refractivity contribution in [3.63, 3.8) is 0 Å². The van der Waals surface area contributed by atoms with E-state index in [9.17, 15) is 19.8 Å². The monoisotopic (exact) mass is 532 g/mol. The first kappa shape index (κ1) is 25.2. The fourth-order valence-electron chi connectivity index (χ4n) is 6.10. The van der Waals surface area contributed by atoms with Crippen LogP contribution in [-0.4, -0.2) is 61.0 Å². The summed E-state index contributed by atoms with van der Waals surface area (Å²) in [5.74, 6) is -0.436. The van der Waals surface area contributed by atoms with Crippen molar-refractivity contribution in [2.24, 2.45) is 0 Å². The Morgan fingerprint density at radius 2 is 1.89 bits per heavy atom. The highest BCUT2D eigenvalue weighted by atomic mass is 32.1. The molecule has 3 N–H and O–H groups in total. The standard InChI is InChI=1S/C29H32N4O4S/c1-18-25(38-17-31-18)20-9-7-19(8-10-20)14-30-26(35)24-13-22(34)16-32(24)28(37)29(11-4-12-29)33-15-21-5-2-3-6-23(21)27(33)36/h2-3,5-10,17,22,24,27,34,36H,4,11-16H2,1H3,(H,30,35)/t22-,24+,27?/m1/s1. The average molecular weight is 533 g/mol. The normalized spacial score (nSPS) is 24.2. The Morgan fingerprint density at radius 3 is 2.55 bits per heavy atom. The molecule has 1 aromatic heterocycles. The molecule has 1 saturated carbocycles. The minimum atomic E-state index is -0.856. The fourth-order valence-corrected chi connectivity index (χ4v) is 6.91. The summed E-state index contributed by atoms with van der Waals surface area (Å²) >= 11 is 1.60. The molecule has 198 valence electrons. The van der Waals surface area contributed by atoms with E-state index in [2.05, 4.69) is 10.3 Å². The number of thiazole rings is 1. The quantitative estimate of drug-likeness (QED) is 0.451. The van der Waals surface area contributed by atoms with E-state index in [0.29, 0.717) is 25.9 Å².